The lowest BCUT2D eigenvalue weighted by Gasteiger charge is -2.59. The summed E-state index contributed by atoms with van der Waals surface area (Å²) in [5, 5.41) is 3.22. The lowest BCUT2D eigenvalue weighted by Crippen LogP contribution is -2.64. The van der Waals surface area contributed by atoms with Gasteiger partial charge in [-0.3, -0.25) is 4.79 Å². The Kier molecular flexibility index (Phi) is 4.02. The third-order valence-electron chi connectivity index (χ3n) is 7.11. The zero-order chi connectivity index (χ0) is 17.0. The first kappa shape index (κ1) is 16.9. The predicted octanol–water partition coefficient (Wildman–Crippen LogP) is 3.71. The quantitative estimate of drug-likeness (QED) is 0.583. The standard InChI is InChI=1S/C19H28BrNO3/c1-24-16(23)19(5-3-2-4-6-19)21-15(22)17-8-13-7-14(9-17)11-18(20,10-13)12-17/h13-14H,2-12H2,1H3,(H,21,22). The van der Waals surface area contributed by atoms with Crippen LogP contribution in [-0.4, -0.2) is 28.8 Å². The molecule has 4 nitrogen and oxygen atoms in total. The van der Waals surface area contributed by atoms with Crippen LogP contribution in [-0.2, 0) is 14.3 Å². The fourth-order valence-corrected chi connectivity index (χ4v) is 7.95. The first-order valence-electron chi connectivity index (χ1n) is 9.49. The highest BCUT2D eigenvalue weighted by Gasteiger charge is 2.60. The van der Waals surface area contributed by atoms with Crippen molar-refractivity contribution in [1.82, 2.24) is 5.32 Å². The average molecular weight is 398 g/mol. The molecule has 4 bridgehead atoms. The maximum atomic E-state index is 13.4. The summed E-state index contributed by atoms with van der Waals surface area (Å²) >= 11 is 3.97. The van der Waals surface area contributed by atoms with Gasteiger partial charge in [-0.1, -0.05) is 35.2 Å². The molecule has 134 valence electrons. The van der Waals surface area contributed by atoms with E-state index in [1.54, 1.807) is 0 Å². The molecular formula is C19H28BrNO3. The van der Waals surface area contributed by atoms with Crippen molar-refractivity contribution in [3.63, 3.8) is 0 Å². The monoisotopic (exact) mass is 397 g/mol. The zero-order valence-electron chi connectivity index (χ0n) is 14.5. The van der Waals surface area contributed by atoms with Gasteiger partial charge in [0.15, 0.2) is 0 Å². The second kappa shape index (κ2) is 5.72. The van der Waals surface area contributed by atoms with Crippen LogP contribution in [0.1, 0.15) is 70.6 Å². The van der Waals surface area contributed by atoms with Gasteiger partial charge in [0, 0.05) is 4.32 Å². The molecule has 0 radical (unpaired) electrons. The Hall–Kier alpha value is -0.580. The first-order chi connectivity index (χ1) is 11.4. The number of rotatable bonds is 3. The van der Waals surface area contributed by atoms with E-state index in [2.05, 4.69) is 21.2 Å². The van der Waals surface area contributed by atoms with E-state index in [1.165, 1.54) is 26.4 Å². The fraction of sp³-hybridized carbons (Fsp3) is 0.895. The molecule has 0 spiro atoms. The molecule has 0 aromatic carbocycles. The summed E-state index contributed by atoms with van der Waals surface area (Å²) in [6.45, 7) is 0. The minimum absolute atomic E-state index is 0.118. The number of ether oxygens (including phenoxy) is 1. The third kappa shape index (κ3) is 2.62. The van der Waals surface area contributed by atoms with Crippen LogP contribution in [0.15, 0.2) is 0 Å². The molecule has 0 aliphatic heterocycles. The number of nitrogens with one attached hydrogen (secondary N) is 1. The molecule has 5 heteroatoms. The van der Waals surface area contributed by atoms with Crippen molar-refractivity contribution in [3.8, 4) is 0 Å². The van der Waals surface area contributed by atoms with Crippen LogP contribution in [0.3, 0.4) is 0 Å². The Bertz CT molecular complexity index is 541. The van der Waals surface area contributed by atoms with Crippen LogP contribution in [0.5, 0.6) is 0 Å². The van der Waals surface area contributed by atoms with Crippen LogP contribution in [0.4, 0.5) is 0 Å². The lowest BCUT2D eigenvalue weighted by molar-refractivity contribution is -0.158. The number of halogens is 1. The molecule has 0 saturated heterocycles. The van der Waals surface area contributed by atoms with Gasteiger partial charge in [0.1, 0.15) is 5.54 Å². The molecule has 5 aliphatic carbocycles. The van der Waals surface area contributed by atoms with Gasteiger partial charge in [-0.05, 0) is 63.2 Å². The Morgan fingerprint density at radius 3 is 2.21 bits per heavy atom. The Balaban J connectivity index is 1.58. The molecule has 1 amide bonds. The maximum absolute atomic E-state index is 13.4. The summed E-state index contributed by atoms with van der Waals surface area (Å²) < 4.78 is 5.22. The molecule has 5 saturated carbocycles. The maximum Gasteiger partial charge on any atom is 0.331 e. The molecule has 2 atom stereocenters. The largest absolute Gasteiger partial charge is 0.467 e. The van der Waals surface area contributed by atoms with Crippen LogP contribution >= 0.6 is 15.9 Å². The Labute approximate surface area is 152 Å². The summed E-state index contributed by atoms with van der Waals surface area (Å²) in [7, 11) is 1.43. The summed E-state index contributed by atoms with van der Waals surface area (Å²) in [4.78, 5) is 25.9. The predicted molar refractivity (Wildman–Crippen MR) is 94.7 cm³/mol. The molecule has 0 heterocycles. The van der Waals surface area contributed by atoms with E-state index in [1.807, 2.05) is 0 Å². The van der Waals surface area contributed by atoms with Gasteiger partial charge in [-0.25, -0.2) is 4.79 Å². The molecule has 0 aromatic rings. The Morgan fingerprint density at radius 1 is 1.04 bits per heavy atom. The van der Waals surface area contributed by atoms with E-state index >= 15 is 0 Å². The summed E-state index contributed by atoms with van der Waals surface area (Å²) in [6.07, 6.45) is 11.2. The van der Waals surface area contributed by atoms with Crippen molar-refractivity contribution in [2.75, 3.05) is 7.11 Å². The number of esters is 1. The van der Waals surface area contributed by atoms with Crippen molar-refractivity contribution >= 4 is 27.8 Å². The van der Waals surface area contributed by atoms with Crippen LogP contribution in [0.2, 0.25) is 0 Å². The number of carbonyl (C=O) groups excluding carboxylic acids is 2. The Morgan fingerprint density at radius 2 is 1.67 bits per heavy atom. The third-order valence-corrected chi connectivity index (χ3v) is 8.04. The van der Waals surface area contributed by atoms with Gasteiger partial charge in [0.05, 0.1) is 12.5 Å². The van der Waals surface area contributed by atoms with E-state index in [0.29, 0.717) is 24.7 Å². The molecule has 24 heavy (non-hydrogen) atoms. The SMILES string of the molecule is COC(=O)C1(NC(=O)C23CC4CC(CC(Br)(C4)C2)C3)CCCCC1. The smallest absolute Gasteiger partial charge is 0.331 e. The zero-order valence-corrected chi connectivity index (χ0v) is 16.1. The van der Waals surface area contributed by atoms with Crippen molar-refractivity contribution in [2.24, 2.45) is 17.3 Å². The molecule has 0 aromatic heterocycles. The van der Waals surface area contributed by atoms with Gasteiger partial charge < -0.3 is 10.1 Å². The summed E-state index contributed by atoms with van der Waals surface area (Å²) in [5.74, 6) is 1.19. The van der Waals surface area contributed by atoms with Crippen LogP contribution in [0, 0.1) is 17.3 Å². The second-order valence-electron chi connectivity index (χ2n) is 8.98. The van der Waals surface area contributed by atoms with E-state index < -0.39 is 5.54 Å². The van der Waals surface area contributed by atoms with Gasteiger partial charge in [0.25, 0.3) is 0 Å². The van der Waals surface area contributed by atoms with Crippen LogP contribution in [0.25, 0.3) is 0 Å². The van der Waals surface area contributed by atoms with Gasteiger partial charge in [0.2, 0.25) is 5.91 Å². The van der Waals surface area contributed by atoms with Crippen molar-refractivity contribution < 1.29 is 14.3 Å². The van der Waals surface area contributed by atoms with Crippen molar-refractivity contribution in [2.45, 2.75) is 80.5 Å². The lowest BCUT2D eigenvalue weighted by atomic mass is 9.49. The van der Waals surface area contributed by atoms with E-state index in [4.69, 9.17) is 4.74 Å². The van der Waals surface area contributed by atoms with E-state index in [0.717, 1.165) is 38.5 Å². The average Bonchev–Trinajstić information content (AvgIpc) is 2.52. The van der Waals surface area contributed by atoms with Crippen LogP contribution < -0.4 is 5.32 Å². The molecule has 1 N–H and O–H groups in total. The van der Waals surface area contributed by atoms with Gasteiger partial charge >= 0.3 is 5.97 Å². The second-order valence-corrected chi connectivity index (χ2v) is 10.7. The fourth-order valence-electron chi connectivity index (χ4n) is 6.50. The van der Waals surface area contributed by atoms with Gasteiger partial charge in [-0.15, -0.1) is 0 Å². The number of amides is 1. The van der Waals surface area contributed by atoms with Crippen molar-refractivity contribution in [1.29, 1.82) is 0 Å². The number of hydrogen-bond donors (Lipinski definition) is 1. The normalized spacial score (nSPS) is 42.6. The number of methoxy groups -OCH3 is 1. The highest BCUT2D eigenvalue weighted by molar-refractivity contribution is 9.10. The molecular weight excluding hydrogens is 370 g/mol. The van der Waals surface area contributed by atoms with E-state index in [9.17, 15) is 9.59 Å². The minimum atomic E-state index is -0.785. The molecule has 5 rings (SSSR count). The highest BCUT2D eigenvalue weighted by atomic mass is 79.9. The summed E-state index contributed by atoms with van der Waals surface area (Å²) in [6, 6.07) is 0. The molecule has 5 aliphatic rings. The number of hydrogen-bond acceptors (Lipinski definition) is 3. The van der Waals surface area contributed by atoms with E-state index in [-0.39, 0.29) is 21.6 Å². The highest BCUT2D eigenvalue weighted by Crippen LogP contribution is 2.64. The molecule has 5 fully saturated rings. The first-order valence-corrected chi connectivity index (χ1v) is 10.3. The molecule has 2 unspecified atom stereocenters. The topological polar surface area (TPSA) is 55.4 Å². The summed E-state index contributed by atoms with van der Waals surface area (Å²) in [5.41, 5.74) is -1.06. The minimum Gasteiger partial charge on any atom is -0.467 e. The van der Waals surface area contributed by atoms with Gasteiger partial charge in [-0.2, -0.15) is 0 Å². The number of alkyl halides is 1. The van der Waals surface area contributed by atoms with Crippen molar-refractivity contribution in [3.05, 3.63) is 0 Å². The number of carbonyl (C=O) groups is 2.